The smallest absolute Gasteiger partial charge is 0.316 e. The van der Waals surface area contributed by atoms with Gasteiger partial charge in [-0.05, 0) is 89.7 Å². The maximum Gasteiger partial charge on any atom is 0.316 e. The number of rotatable bonds is 16. The van der Waals surface area contributed by atoms with Crippen molar-refractivity contribution in [3.05, 3.63) is 120 Å². The predicted molar refractivity (Wildman–Crippen MR) is 205 cm³/mol. The molecule has 0 radical (unpaired) electrons. The van der Waals surface area contributed by atoms with E-state index >= 15 is 0 Å². The quantitative estimate of drug-likeness (QED) is 0.0861. The van der Waals surface area contributed by atoms with Crippen LogP contribution in [0.5, 0.6) is 0 Å². The van der Waals surface area contributed by atoms with Crippen LogP contribution < -0.4 is 0 Å². The van der Waals surface area contributed by atoms with Crippen molar-refractivity contribution in [1.82, 2.24) is 4.90 Å². The Labute approximate surface area is 309 Å². The number of aldehydes is 3. The normalized spacial score (nSPS) is 17.8. The molecule has 3 aromatic carbocycles. The molecule has 8 heteroatoms. The van der Waals surface area contributed by atoms with Gasteiger partial charge < -0.3 is 24.0 Å². The molecule has 52 heavy (non-hydrogen) atoms. The van der Waals surface area contributed by atoms with Gasteiger partial charge in [-0.1, -0.05) is 97.1 Å². The Balaban J connectivity index is 0.000000271. The lowest BCUT2D eigenvalue weighted by Gasteiger charge is -2.30. The van der Waals surface area contributed by atoms with Crippen LogP contribution in [0.15, 0.2) is 104 Å². The average molecular weight is 710 g/mol. The summed E-state index contributed by atoms with van der Waals surface area (Å²) < 4.78 is 5.37. The molecule has 0 aromatic heterocycles. The van der Waals surface area contributed by atoms with Gasteiger partial charge in [-0.2, -0.15) is 0 Å². The minimum Gasteiger partial charge on any atom is -0.465 e. The number of Topliss-reactive ketones (excluding diaryl/α,β-unsaturated/α-hetero) is 2. The van der Waals surface area contributed by atoms with Gasteiger partial charge in [0.15, 0.2) is 0 Å². The highest BCUT2D eigenvalue weighted by atomic mass is 16.5. The van der Waals surface area contributed by atoms with E-state index < -0.39 is 16.2 Å². The van der Waals surface area contributed by atoms with Crippen molar-refractivity contribution in [2.45, 2.75) is 88.4 Å². The van der Waals surface area contributed by atoms with Crippen molar-refractivity contribution >= 4 is 36.4 Å². The summed E-state index contributed by atoms with van der Waals surface area (Å²) in [6, 6.07) is 28.8. The molecule has 0 amide bonds. The van der Waals surface area contributed by atoms with Gasteiger partial charge in [0.1, 0.15) is 30.4 Å². The number of allylic oxidation sites excluding steroid dienone is 1. The number of esters is 1. The molecular formula is C44H55NO7. The van der Waals surface area contributed by atoms with Gasteiger partial charge in [-0.15, -0.1) is 6.58 Å². The Kier molecular flexibility index (Phi) is 18.5. The molecule has 0 N–H and O–H groups in total. The molecule has 1 aliphatic heterocycles. The fraction of sp³-hybridized carbons (Fsp3) is 0.409. The van der Waals surface area contributed by atoms with E-state index in [1.165, 1.54) is 6.92 Å². The van der Waals surface area contributed by atoms with Crippen molar-refractivity contribution in [2.75, 3.05) is 26.7 Å². The Morgan fingerprint density at radius 3 is 1.77 bits per heavy atom. The monoisotopic (exact) mass is 709 g/mol. The lowest BCUT2D eigenvalue weighted by atomic mass is 9.71. The van der Waals surface area contributed by atoms with Crippen LogP contribution in [-0.2, 0) is 49.7 Å². The molecule has 278 valence electrons. The molecule has 4 rings (SSSR count). The van der Waals surface area contributed by atoms with Gasteiger partial charge in [0, 0.05) is 19.3 Å². The summed E-state index contributed by atoms with van der Waals surface area (Å²) in [5.74, 6) is -0.107. The number of ketones is 2. The third-order valence-corrected chi connectivity index (χ3v) is 10.1. The van der Waals surface area contributed by atoms with E-state index in [1.54, 1.807) is 13.0 Å². The first kappa shape index (κ1) is 43.3. The maximum absolute atomic E-state index is 12.5. The number of hydrogen-bond acceptors (Lipinski definition) is 8. The van der Waals surface area contributed by atoms with E-state index in [0.29, 0.717) is 25.9 Å². The summed E-state index contributed by atoms with van der Waals surface area (Å²) >= 11 is 0. The Morgan fingerprint density at radius 2 is 1.29 bits per heavy atom. The molecule has 3 atom stereocenters. The molecule has 0 bridgehead atoms. The number of carbonyl (C=O) groups is 6. The first-order chi connectivity index (χ1) is 25.0. The van der Waals surface area contributed by atoms with Crippen LogP contribution in [0.3, 0.4) is 0 Å². The standard InChI is InChI=1S/C16H23NO2.C14H16O3.C14H16O2/c1-3-19-15(18)16(14-8-5-4-6-9-14)10-7-12-17(2)13-11-16;1-12(17)14(9-11-16,8-5-10-15)13-6-3-2-4-7-13;1-3-14(12(2)16,10-7-11-15)13-8-5-4-6-9-13/h4-6,8-9H,3,7,10-13H2,1-2H3;2-4,6-7,10-11H,5,8-9H2,1H3;3-6,8-9,11H,1,7,10H2,2H3/t16-;2*14-/m110/s1. The minimum atomic E-state index is -0.843. The van der Waals surface area contributed by atoms with Crippen molar-refractivity contribution in [1.29, 1.82) is 0 Å². The number of hydrogen-bond donors (Lipinski definition) is 0. The van der Waals surface area contributed by atoms with Crippen LogP contribution >= 0.6 is 0 Å². The van der Waals surface area contributed by atoms with Crippen molar-refractivity contribution in [3.8, 4) is 0 Å². The van der Waals surface area contributed by atoms with E-state index in [0.717, 1.165) is 67.9 Å². The van der Waals surface area contributed by atoms with Crippen LogP contribution in [0.2, 0.25) is 0 Å². The van der Waals surface area contributed by atoms with Gasteiger partial charge in [0.2, 0.25) is 0 Å². The van der Waals surface area contributed by atoms with E-state index in [1.807, 2.05) is 85.8 Å². The highest BCUT2D eigenvalue weighted by Gasteiger charge is 2.42. The molecule has 0 aliphatic carbocycles. The summed E-state index contributed by atoms with van der Waals surface area (Å²) in [6.07, 6.45) is 8.40. The predicted octanol–water partition coefficient (Wildman–Crippen LogP) is 7.36. The molecule has 0 saturated carbocycles. The molecule has 0 spiro atoms. The summed E-state index contributed by atoms with van der Waals surface area (Å²) in [6.45, 7) is 11.1. The van der Waals surface area contributed by atoms with Gasteiger partial charge in [-0.3, -0.25) is 14.4 Å². The van der Waals surface area contributed by atoms with Gasteiger partial charge in [-0.25, -0.2) is 0 Å². The zero-order valence-electron chi connectivity index (χ0n) is 31.3. The number of benzene rings is 3. The zero-order valence-corrected chi connectivity index (χ0v) is 31.3. The highest BCUT2D eigenvalue weighted by molar-refractivity contribution is 5.91. The average Bonchev–Trinajstić information content (AvgIpc) is 3.37. The van der Waals surface area contributed by atoms with Crippen LogP contribution in [0.1, 0.15) is 88.8 Å². The number of likely N-dealkylation sites (tertiary alicyclic amines) is 1. The van der Waals surface area contributed by atoms with Crippen LogP contribution in [0.4, 0.5) is 0 Å². The van der Waals surface area contributed by atoms with E-state index in [2.05, 4.69) is 30.7 Å². The van der Waals surface area contributed by atoms with Crippen LogP contribution in [0, 0.1) is 0 Å². The SMILES string of the molecule is C=C[C@](CCC=O)(C(C)=O)c1ccccc1.CC(=O)[C@](CC=O)(CCC=O)c1ccccc1.CCOC(=O)[C@]1(c2ccccc2)CCCN(C)CC1. The van der Waals surface area contributed by atoms with E-state index in [4.69, 9.17) is 4.74 Å². The second-order valence-corrected chi connectivity index (χ2v) is 13.2. The summed E-state index contributed by atoms with van der Waals surface area (Å²) in [5.41, 5.74) is 0.790. The second-order valence-electron chi connectivity index (χ2n) is 13.2. The number of carbonyl (C=O) groups excluding carboxylic acids is 6. The van der Waals surface area contributed by atoms with Crippen molar-refractivity contribution in [2.24, 2.45) is 0 Å². The molecule has 3 aromatic rings. The van der Waals surface area contributed by atoms with Crippen LogP contribution in [-0.4, -0.2) is 68.0 Å². The largest absolute Gasteiger partial charge is 0.465 e. The lowest BCUT2D eigenvalue weighted by molar-refractivity contribution is -0.151. The lowest BCUT2D eigenvalue weighted by Crippen LogP contribution is -2.38. The fourth-order valence-corrected chi connectivity index (χ4v) is 6.91. The van der Waals surface area contributed by atoms with Crippen molar-refractivity contribution in [3.63, 3.8) is 0 Å². The Morgan fingerprint density at radius 1 is 0.750 bits per heavy atom. The highest BCUT2D eigenvalue weighted by Crippen LogP contribution is 2.37. The number of ether oxygens (including phenoxy) is 1. The molecule has 1 saturated heterocycles. The molecule has 1 aliphatic rings. The van der Waals surface area contributed by atoms with Crippen LogP contribution in [0.25, 0.3) is 0 Å². The molecular weight excluding hydrogens is 654 g/mol. The molecule has 8 nitrogen and oxygen atoms in total. The topological polar surface area (TPSA) is 115 Å². The first-order valence-electron chi connectivity index (χ1n) is 18.0. The third-order valence-electron chi connectivity index (χ3n) is 10.1. The summed E-state index contributed by atoms with van der Waals surface area (Å²) in [7, 11) is 2.12. The number of nitrogens with zero attached hydrogens (tertiary/aromatic N) is 1. The molecule has 1 fully saturated rings. The van der Waals surface area contributed by atoms with E-state index in [9.17, 15) is 28.8 Å². The van der Waals surface area contributed by atoms with Gasteiger partial charge in [0.05, 0.1) is 22.9 Å². The third kappa shape index (κ3) is 11.3. The fourth-order valence-electron chi connectivity index (χ4n) is 6.91. The Hall–Kier alpha value is -4.82. The second kappa shape index (κ2) is 22.2. The first-order valence-corrected chi connectivity index (χ1v) is 18.0. The van der Waals surface area contributed by atoms with Crippen molar-refractivity contribution < 1.29 is 33.5 Å². The molecule has 0 unspecified atom stereocenters. The van der Waals surface area contributed by atoms with Gasteiger partial charge >= 0.3 is 5.97 Å². The maximum atomic E-state index is 12.5. The summed E-state index contributed by atoms with van der Waals surface area (Å²) in [4.78, 5) is 70.3. The zero-order chi connectivity index (χ0) is 38.5. The minimum absolute atomic E-state index is 0.0237. The van der Waals surface area contributed by atoms with E-state index in [-0.39, 0.29) is 30.4 Å². The summed E-state index contributed by atoms with van der Waals surface area (Å²) in [5, 5.41) is 0. The molecule has 1 heterocycles. The van der Waals surface area contributed by atoms with Gasteiger partial charge in [0.25, 0.3) is 0 Å². The Bertz CT molecular complexity index is 1580.